The van der Waals surface area contributed by atoms with Crippen LogP contribution in [0, 0.1) is 11.8 Å². The summed E-state index contributed by atoms with van der Waals surface area (Å²) in [6.07, 6.45) is 7.98. The lowest BCUT2D eigenvalue weighted by molar-refractivity contribution is 0.0944. The summed E-state index contributed by atoms with van der Waals surface area (Å²) in [5, 5.41) is 10.6. The predicted octanol–water partition coefficient (Wildman–Crippen LogP) is 1.18. The van der Waals surface area contributed by atoms with Crippen LogP contribution in [0.4, 0.5) is 0 Å². The quantitative estimate of drug-likeness (QED) is 0.819. The maximum Gasteiger partial charge on any atom is 0.273 e. The fraction of sp³-hybridized carbons (Fsp3) is 0.786. The molecular formula is C14H25N5O. The summed E-state index contributed by atoms with van der Waals surface area (Å²) in [7, 11) is 0. The molecule has 112 valence electrons. The average Bonchev–Trinajstić information content (AvgIpc) is 2.88. The van der Waals surface area contributed by atoms with Crippen LogP contribution in [-0.4, -0.2) is 34.0 Å². The molecule has 1 aliphatic carbocycles. The van der Waals surface area contributed by atoms with Crippen molar-refractivity contribution in [3.8, 4) is 0 Å². The summed E-state index contributed by atoms with van der Waals surface area (Å²) in [4.78, 5) is 11.9. The van der Waals surface area contributed by atoms with E-state index in [0.717, 1.165) is 24.8 Å². The first-order valence-electron chi connectivity index (χ1n) is 7.57. The monoisotopic (exact) mass is 279 g/mol. The predicted molar refractivity (Wildman–Crippen MR) is 77.1 cm³/mol. The molecule has 0 radical (unpaired) electrons. The average molecular weight is 279 g/mol. The number of rotatable bonds is 6. The molecule has 3 N–H and O–H groups in total. The van der Waals surface area contributed by atoms with Gasteiger partial charge in [-0.15, -0.1) is 5.10 Å². The van der Waals surface area contributed by atoms with Gasteiger partial charge < -0.3 is 11.1 Å². The minimum absolute atomic E-state index is 0.142. The van der Waals surface area contributed by atoms with Crippen molar-refractivity contribution in [1.29, 1.82) is 0 Å². The van der Waals surface area contributed by atoms with E-state index in [-0.39, 0.29) is 5.91 Å². The zero-order chi connectivity index (χ0) is 14.4. The SMILES string of the molecule is CC1CCCC(CCNC(=O)c2cn(CCN)nn2)C1. The first-order valence-corrected chi connectivity index (χ1v) is 7.57. The first-order chi connectivity index (χ1) is 9.69. The van der Waals surface area contributed by atoms with Crippen molar-refractivity contribution >= 4 is 5.91 Å². The van der Waals surface area contributed by atoms with Crippen LogP contribution in [0.25, 0.3) is 0 Å². The Kier molecular flexibility index (Phi) is 5.52. The van der Waals surface area contributed by atoms with Gasteiger partial charge in [0, 0.05) is 13.1 Å². The van der Waals surface area contributed by atoms with Crippen molar-refractivity contribution in [2.75, 3.05) is 13.1 Å². The first kappa shape index (κ1) is 15.0. The molecule has 1 saturated carbocycles. The van der Waals surface area contributed by atoms with E-state index < -0.39 is 0 Å². The highest BCUT2D eigenvalue weighted by atomic mass is 16.2. The summed E-state index contributed by atoms with van der Waals surface area (Å²) in [5.74, 6) is 1.45. The second-order valence-corrected chi connectivity index (χ2v) is 5.84. The number of nitrogens with two attached hydrogens (primary N) is 1. The number of carbonyl (C=O) groups excluding carboxylic acids is 1. The van der Waals surface area contributed by atoms with Gasteiger partial charge in [-0.05, 0) is 24.7 Å². The van der Waals surface area contributed by atoms with E-state index in [1.807, 2.05) is 0 Å². The molecule has 1 fully saturated rings. The Bertz CT molecular complexity index is 431. The number of aromatic nitrogens is 3. The highest BCUT2D eigenvalue weighted by Gasteiger charge is 2.19. The fourth-order valence-corrected chi connectivity index (χ4v) is 2.95. The molecule has 0 aliphatic heterocycles. The van der Waals surface area contributed by atoms with Crippen molar-refractivity contribution in [3.63, 3.8) is 0 Å². The van der Waals surface area contributed by atoms with Gasteiger partial charge in [0.1, 0.15) is 0 Å². The van der Waals surface area contributed by atoms with Crippen LogP contribution in [0.3, 0.4) is 0 Å². The highest BCUT2D eigenvalue weighted by Crippen LogP contribution is 2.30. The maximum atomic E-state index is 11.9. The van der Waals surface area contributed by atoms with Crippen molar-refractivity contribution in [1.82, 2.24) is 20.3 Å². The minimum Gasteiger partial charge on any atom is -0.351 e. The summed E-state index contributed by atoms with van der Waals surface area (Å²) in [6.45, 7) is 4.12. The summed E-state index contributed by atoms with van der Waals surface area (Å²) < 4.78 is 1.59. The number of nitrogens with one attached hydrogen (secondary N) is 1. The van der Waals surface area contributed by atoms with Gasteiger partial charge in [-0.25, -0.2) is 0 Å². The van der Waals surface area contributed by atoms with Gasteiger partial charge in [-0.1, -0.05) is 31.4 Å². The molecule has 2 unspecified atom stereocenters. The third kappa shape index (κ3) is 4.30. The standard InChI is InChI=1S/C14H25N5O/c1-11-3-2-4-12(9-11)5-7-16-14(20)13-10-19(8-6-15)18-17-13/h10-12H,2-9,15H2,1H3,(H,16,20). The molecule has 0 aromatic carbocycles. The van der Waals surface area contributed by atoms with Gasteiger partial charge in [0.15, 0.2) is 5.69 Å². The zero-order valence-corrected chi connectivity index (χ0v) is 12.2. The third-order valence-corrected chi connectivity index (χ3v) is 4.01. The summed E-state index contributed by atoms with van der Waals surface area (Å²) in [5.41, 5.74) is 5.80. The molecule has 6 heteroatoms. The number of hydrogen-bond acceptors (Lipinski definition) is 4. The Morgan fingerprint density at radius 3 is 3.15 bits per heavy atom. The molecule has 0 saturated heterocycles. The fourth-order valence-electron chi connectivity index (χ4n) is 2.95. The molecular weight excluding hydrogens is 254 g/mol. The molecule has 1 aromatic heterocycles. The van der Waals surface area contributed by atoms with E-state index in [2.05, 4.69) is 22.6 Å². The van der Waals surface area contributed by atoms with Gasteiger partial charge in [0.2, 0.25) is 0 Å². The minimum atomic E-state index is -0.142. The van der Waals surface area contributed by atoms with Crippen LogP contribution in [0.15, 0.2) is 6.20 Å². The number of nitrogens with zero attached hydrogens (tertiary/aromatic N) is 3. The van der Waals surface area contributed by atoms with Gasteiger partial charge >= 0.3 is 0 Å². The molecule has 1 heterocycles. The van der Waals surface area contributed by atoms with E-state index in [9.17, 15) is 4.79 Å². The van der Waals surface area contributed by atoms with Crippen LogP contribution in [0.5, 0.6) is 0 Å². The van der Waals surface area contributed by atoms with Gasteiger partial charge in [0.25, 0.3) is 5.91 Å². The molecule has 2 atom stereocenters. The molecule has 0 spiro atoms. The molecule has 1 amide bonds. The molecule has 1 aromatic rings. The molecule has 1 aliphatic rings. The lowest BCUT2D eigenvalue weighted by Crippen LogP contribution is -2.27. The number of hydrogen-bond donors (Lipinski definition) is 2. The molecule has 0 bridgehead atoms. The van der Waals surface area contributed by atoms with Crippen molar-refractivity contribution in [2.24, 2.45) is 17.6 Å². The topological polar surface area (TPSA) is 85.8 Å². The lowest BCUT2D eigenvalue weighted by Gasteiger charge is -2.26. The molecule has 2 rings (SSSR count). The molecule has 20 heavy (non-hydrogen) atoms. The number of amides is 1. The van der Waals surface area contributed by atoms with Crippen LogP contribution >= 0.6 is 0 Å². The summed E-state index contributed by atoms with van der Waals surface area (Å²) in [6, 6.07) is 0. The summed E-state index contributed by atoms with van der Waals surface area (Å²) >= 11 is 0. The number of carbonyl (C=O) groups is 1. The maximum absolute atomic E-state index is 11.9. The van der Waals surface area contributed by atoms with Crippen LogP contribution in [0.1, 0.15) is 49.5 Å². The Morgan fingerprint density at radius 2 is 2.40 bits per heavy atom. The zero-order valence-electron chi connectivity index (χ0n) is 12.2. The largest absolute Gasteiger partial charge is 0.351 e. The Hall–Kier alpha value is -1.43. The van der Waals surface area contributed by atoms with Crippen LogP contribution in [-0.2, 0) is 6.54 Å². The van der Waals surface area contributed by atoms with Crippen molar-refractivity contribution in [2.45, 2.75) is 45.6 Å². The van der Waals surface area contributed by atoms with Crippen LogP contribution < -0.4 is 11.1 Å². The molecule has 6 nitrogen and oxygen atoms in total. The van der Waals surface area contributed by atoms with E-state index in [0.29, 0.717) is 18.8 Å². The Morgan fingerprint density at radius 1 is 1.55 bits per heavy atom. The smallest absolute Gasteiger partial charge is 0.273 e. The van der Waals surface area contributed by atoms with Gasteiger partial charge in [-0.3, -0.25) is 9.48 Å². The highest BCUT2D eigenvalue weighted by molar-refractivity contribution is 5.91. The van der Waals surface area contributed by atoms with E-state index in [1.54, 1.807) is 10.9 Å². The van der Waals surface area contributed by atoms with Crippen molar-refractivity contribution < 1.29 is 4.79 Å². The van der Waals surface area contributed by atoms with Crippen molar-refractivity contribution in [3.05, 3.63) is 11.9 Å². The second kappa shape index (κ2) is 7.38. The normalized spacial score (nSPS) is 22.7. The van der Waals surface area contributed by atoms with E-state index in [1.165, 1.54) is 25.7 Å². The second-order valence-electron chi connectivity index (χ2n) is 5.84. The third-order valence-electron chi connectivity index (χ3n) is 4.01. The van der Waals surface area contributed by atoms with Crippen LogP contribution in [0.2, 0.25) is 0 Å². The van der Waals surface area contributed by atoms with Gasteiger partial charge in [0.05, 0.1) is 12.7 Å². The van der Waals surface area contributed by atoms with E-state index in [4.69, 9.17) is 5.73 Å². The lowest BCUT2D eigenvalue weighted by atomic mass is 9.81. The van der Waals surface area contributed by atoms with E-state index >= 15 is 0 Å². The Labute approximate surface area is 120 Å². The Balaban J connectivity index is 1.71. The van der Waals surface area contributed by atoms with Gasteiger partial charge in [-0.2, -0.15) is 0 Å².